The summed E-state index contributed by atoms with van der Waals surface area (Å²) in [6, 6.07) is -0.212. The van der Waals surface area contributed by atoms with Crippen LogP contribution in [0.4, 0.5) is 0 Å². The lowest BCUT2D eigenvalue weighted by Gasteiger charge is -2.11. The zero-order chi connectivity index (χ0) is 16.8. The van der Waals surface area contributed by atoms with Crippen LogP contribution in [0.25, 0.3) is 0 Å². The Morgan fingerprint density at radius 2 is 2.09 bits per heavy atom. The summed E-state index contributed by atoms with van der Waals surface area (Å²) in [5, 5.41) is 14.7. The number of aromatic nitrogens is 2. The average Bonchev–Trinajstić information content (AvgIpc) is 3.06. The molecule has 0 fully saturated rings. The van der Waals surface area contributed by atoms with Gasteiger partial charge in [0.1, 0.15) is 6.29 Å². The monoisotopic (exact) mass is 324 g/mol. The van der Waals surface area contributed by atoms with Crippen LogP contribution in [0.15, 0.2) is 12.5 Å². The van der Waals surface area contributed by atoms with E-state index in [2.05, 4.69) is 20.6 Å². The maximum atomic E-state index is 11.5. The number of carbonyl (C=O) groups excluding carboxylic acids is 2. The van der Waals surface area contributed by atoms with Gasteiger partial charge in [-0.1, -0.05) is 6.42 Å². The zero-order valence-corrected chi connectivity index (χ0v) is 13.6. The molecule has 130 valence electrons. The smallest absolute Gasteiger partial charge is 0.219 e. The lowest BCUT2D eigenvalue weighted by molar-refractivity contribution is -0.121. The lowest BCUT2D eigenvalue weighted by Crippen LogP contribution is -2.34. The molecule has 0 aliphatic carbocycles. The minimum atomic E-state index is -0.212. The van der Waals surface area contributed by atoms with Crippen molar-refractivity contribution >= 4 is 12.2 Å². The molecule has 7 nitrogen and oxygen atoms in total. The number of carbonyl (C=O) groups is 2. The molecule has 0 aromatic carbocycles. The summed E-state index contributed by atoms with van der Waals surface area (Å²) in [7, 11) is 0. The number of aldehydes is 1. The number of imidazole rings is 1. The zero-order valence-electron chi connectivity index (χ0n) is 13.6. The van der Waals surface area contributed by atoms with Gasteiger partial charge in [-0.05, 0) is 32.2 Å². The fourth-order valence-electron chi connectivity index (χ4n) is 2.23. The minimum Gasteiger partial charge on any atom is -0.396 e. The number of aromatic amines is 1. The summed E-state index contributed by atoms with van der Waals surface area (Å²) in [6.45, 7) is 1.59. The van der Waals surface area contributed by atoms with Crippen LogP contribution in [0.1, 0.15) is 44.2 Å². The molecule has 1 aromatic heterocycles. The van der Waals surface area contributed by atoms with Gasteiger partial charge in [0.05, 0.1) is 12.4 Å². The number of hydrogen-bond donors (Lipinski definition) is 4. The van der Waals surface area contributed by atoms with Gasteiger partial charge in [0.2, 0.25) is 5.91 Å². The summed E-state index contributed by atoms with van der Waals surface area (Å²) in [5.41, 5.74) is 0.933. The van der Waals surface area contributed by atoms with Crippen LogP contribution in [-0.4, -0.2) is 53.0 Å². The van der Waals surface area contributed by atoms with Crippen LogP contribution in [0, 0.1) is 0 Å². The number of amides is 1. The van der Waals surface area contributed by atoms with Crippen molar-refractivity contribution < 1.29 is 14.7 Å². The van der Waals surface area contributed by atoms with Gasteiger partial charge in [0, 0.05) is 37.9 Å². The molecule has 1 amide bonds. The highest BCUT2D eigenvalue weighted by Crippen LogP contribution is 1.99. The Balaban J connectivity index is 1.97. The van der Waals surface area contributed by atoms with Gasteiger partial charge in [-0.3, -0.25) is 4.79 Å². The van der Waals surface area contributed by atoms with Crippen LogP contribution in [0.2, 0.25) is 0 Å². The summed E-state index contributed by atoms with van der Waals surface area (Å²) < 4.78 is 0. The van der Waals surface area contributed by atoms with Gasteiger partial charge in [-0.15, -0.1) is 0 Å². The fraction of sp³-hybridized carbons (Fsp3) is 0.688. The maximum absolute atomic E-state index is 11.5. The Labute approximate surface area is 137 Å². The Bertz CT molecular complexity index is 423. The molecule has 0 bridgehead atoms. The molecule has 1 unspecified atom stereocenters. The first-order valence-electron chi connectivity index (χ1n) is 8.29. The topological polar surface area (TPSA) is 107 Å². The highest BCUT2D eigenvalue weighted by molar-refractivity contribution is 5.75. The van der Waals surface area contributed by atoms with Crippen molar-refractivity contribution in [3.63, 3.8) is 0 Å². The van der Waals surface area contributed by atoms with E-state index in [0.29, 0.717) is 19.4 Å². The molecular weight excluding hydrogens is 296 g/mol. The molecule has 0 aliphatic rings. The van der Waals surface area contributed by atoms with Gasteiger partial charge < -0.3 is 25.5 Å². The normalized spacial score (nSPS) is 12.0. The predicted octanol–water partition coefficient (Wildman–Crippen LogP) is 0.558. The molecule has 0 saturated carbocycles. The van der Waals surface area contributed by atoms with Crippen molar-refractivity contribution in [3.8, 4) is 0 Å². The van der Waals surface area contributed by atoms with Crippen molar-refractivity contribution in [3.05, 3.63) is 18.2 Å². The predicted molar refractivity (Wildman–Crippen MR) is 87.9 cm³/mol. The Morgan fingerprint density at radius 3 is 2.78 bits per heavy atom. The SMILES string of the molecule is O=CC(Cc1cnc[nH]1)NCCCCNC(=O)CCCCCO. The van der Waals surface area contributed by atoms with Gasteiger partial charge in [0.25, 0.3) is 0 Å². The van der Waals surface area contributed by atoms with E-state index in [1.165, 1.54) is 0 Å². The van der Waals surface area contributed by atoms with E-state index in [1.54, 1.807) is 12.5 Å². The Kier molecular flexibility index (Phi) is 10.7. The maximum Gasteiger partial charge on any atom is 0.219 e. The highest BCUT2D eigenvalue weighted by Gasteiger charge is 2.08. The second-order valence-electron chi connectivity index (χ2n) is 5.57. The summed E-state index contributed by atoms with van der Waals surface area (Å²) in [4.78, 5) is 29.4. The molecule has 1 aromatic rings. The first kappa shape index (κ1) is 19.3. The molecule has 0 saturated heterocycles. The second kappa shape index (κ2) is 12.8. The lowest BCUT2D eigenvalue weighted by atomic mass is 10.2. The number of nitrogens with one attached hydrogen (secondary N) is 3. The van der Waals surface area contributed by atoms with Crippen molar-refractivity contribution in [2.24, 2.45) is 0 Å². The van der Waals surface area contributed by atoms with E-state index < -0.39 is 0 Å². The number of H-pyrrole nitrogens is 1. The molecular formula is C16H28N4O3. The summed E-state index contributed by atoms with van der Waals surface area (Å²) in [5.74, 6) is 0.0703. The quantitative estimate of drug-likeness (QED) is 0.295. The Hall–Kier alpha value is -1.73. The van der Waals surface area contributed by atoms with E-state index in [4.69, 9.17) is 5.11 Å². The van der Waals surface area contributed by atoms with Gasteiger partial charge >= 0.3 is 0 Å². The number of unbranched alkanes of at least 4 members (excludes halogenated alkanes) is 3. The first-order chi connectivity index (χ1) is 11.3. The van der Waals surface area contributed by atoms with Crippen LogP contribution in [-0.2, 0) is 16.0 Å². The molecule has 1 rings (SSSR count). The molecule has 1 atom stereocenters. The largest absolute Gasteiger partial charge is 0.396 e. The van der Waals surface area contributed by atoms with Crippen molar-refractivity contribution in [2.45, 2.75) is 51.0 Å². The molecule has 4 N–H and O–H groups in total. The van der Waals surface area contributed by atoms with Crippen LogP contribution in [0.3, 0.4) is 0 Å². The third-order valence-corrected chi connectivity index (χ3v) is 3.55. The molecule has 0 spiro atoms. The molecule has 7 heteroatoms. The van der Waals surface area contributed by atoms with Gasteiger partial charge in [-0.25, -0.2) is 4.98 Å². The van der Waals surface area contributed by atoms with E-state index in [1.807, 2.05) is 0 Å². The minimum absolute atomic E-state index is 0.0703. The molecule has 0 aliphatic heterocycles. The fourth-order valence-corrected chi connectivity index (χ4v) is 2.23. The van der Waals surface area contributed by atoms with Crippen LogP contribution in [0.5, 0.6) is 0 Å². The van der Waals surface area contributed by atoms with Crippen molar-refractivity contribution in [1.82, 2.24) is 20.6 Å². The van der Waals surface area contributed by atoms with Crippen LogP contribution < -0.4 is 10.6 Å². The van der Waals surface area contributed by atoms with E-state index >= 15 is 0 Å². The number of aliphatic hydroxyl groups is 1. The van der Waals surface area contributed by atoms with Gasteiger partial charge in [-0.2, -0.15) is 0 Å². The standard InChI is InChI=1S/C16H28N4O3/c21-9-5-1-2-6-16(23)19-8-4-3-7-18-15(12-22)10-14-11-17-13-20-14/h11-13,15,18,21H,1-10H2,(H,17,20)(H,19,23). The number of aliphatic hydroxyl groups excluding tert-OH is 1. The van der Waals surface area contributed by atoms with E-state index in [0.717, 1.165) is 50.6 Å². The third kappa shape index (κ3) is 9.80. The molecule has 0 radical (unpaired) electrons. The van der Waals surface area contributed by atoms with Gasteiger partial charge in [0.15, 0.2) is 0 Å². The average molecular weight is 324 g/mol. The summed E-state index contributed by atoms with van der Waals surface area (Å²) >= 11 is 0. The number of rotatable bonds is 14. The number of nitrogens with zero attached hydrogens (tertiary/aromatic N) is 1. The third-order valence-electron chi connectivity index (χ3n) is 3.55. The number of hydrogen-bond acceptors (Lipinski definition) is 5. The van der Waals surface area contributed by atoms with E-state index in [-0.39, 0.29) is 18.6 Å². The Morgan fingerprint density at radius 1 is 1.26 bits per heavy atom. The van der Waals surface area contributed by atoms with Crippen molar-refractivity contribution in [1.29, 1.82) is 0 Å². The molecule has 23 heavy (non-hydrogen) atoms. The highest BCUT2D eigenvalue weighted by atomic mass is 16.3. The second-order valence-corrected chi connectivity index (χ2v) is 5.57. The van der Waals surface area contributed by atoms with Crippen LogP contribution >= 0.6 is 0 Å². The molecule has 1 heterocycles. The van der Waals surface area contributed by atoms with Crippen molar-refractivity contribution in [2.75, 3.05) is 19.7 Å². The summed E-state index contributed by atoms with van der Waals surface area (Å²) in [6.07, 6.45) is 9.61. The first-order valence-corrected chi connectivity index (χ1v) is 8.29. The van der Waals surface area contributed by atoms with E-state index in [9.17, 15) is 9.59 Å².